The predicted octanol–water partition coefficient (Wildman–Crippen LogP) is 2.71. The Balaban J connectivity index is 2.23. The van der Waals surface area contributed by atoms with Crippen LogP contribution in [-0.4, -0.2) is 24.1 Å². The van der Waals surface area contributed by atoms with Crippen LogP contribution in [0.2, 0.25) is 0 Å². The maximum absolute atomic E-state index is 12.3. The van der Waals surface area contributed by atoms with E-state index in [4.69, 9.17) is 9.84 Å². The maximum Gasteiger partial charge on any atom is 0.337 e. The Kier molecular flexibility index (Phi) is 4.68. The van der Waals surface area contributed by atoms with Crippen molar-refractivity contribution in [3.63, 3.8) is 0 Å². The van der Waals surface area contributed by atoms with Crippen LogP contribution in [0.5, 0.6) is 0 Å². The molecule has 2 rings (SSSR count). The SMILES string of the molecule is CO[C@@H](C(=O)Nc1ccccc1C(=O)O)c1ccccc1. The van der Waals surface area contributed by atoms with Gasteiger partial charge in [0.05, 0.1) is 11.3 Å². The molecule has 2 N–H and O–H groups in total. The number of hydrogen-bond acceptors (Lipinski definition) is 3. The van der Waals surface area contributed by atoms with Gasteiger partial charge in [0.1, 0.15) is 0 Å². The number of rotatable bonds is 5. The van der Waals surface area contributed by atoms with Crippen molar-refractivity contribution in [2.45, 2.75) is 6.10 Å². The lowest BCUT2D eigenvalue weighted by Crippen LogP contribution is -2.23. The molecular formula is C16H15NO4. The summed E-state index contributed by atoms with van der Waals surface area (Å²) in [5.74, 6) is -1.52. The number of carboxylic acid groups (broad SMARTS) is 1. The molecule has 21 heavy (non-hydrogen) atoms. The summed E-state index contributed by atoms with van der Waals surface area (Å²) < 4.78 is 5.21. The number of carbonyl (C=O) groups is 2. The van der Waals surface area contributed by atoms with Crippen LogP contribution in [0.15, 0.2) is 54.6 Å². The van der Waals surface area contributed by atoms with Gasteiger partial charge in [0.15, 0.2) is 6.10 Å². The first kappa shape index (κ1) is 14.7. The third-order valence-electron chi connectivity index (χ3n) is 2.99. The fourth-order valence-electron chi connectivity index (χ4n) is 2.00. The first-order valence-corrected chi connectivity index (χ1v) is 6.34. The third kappa shape index (κ3) is 3.46. The highest BCUT2D eigenvalue weighted by molar-refractivity contribution is 6.02. The van der Waals surface area contributed by atoms with Gasteiger partial charge < -0.3 is 15.2 Å². The van der Waals surface area contributed by atoms with E-state index in [1.165, 1.54) is 13.2 Å². The summed E-state index contributed by atoms with van der Waals surface area (Å²) in [5, 5.41) is 11.7. The fraction of sp³-hybridized carbons (Fsp3) is 0.125. The average molecular weight is 285 g/mol. The number of anilines is 1. The van der Waals surface area contributed by atoms with Crippen LogP contribution < -0.4 is 5.32 Å². The van der Waals surface area contributed by atoms with E-state index in [2.05, 4.69) is 5.32 Å². The molecule has 0 aromatic heterocycles. The Morgan fingerprint density at radius 1 is 1.05 bits per heavy atom. The van der Waals surface area contributed by atoms with E-state index >= 15 is 0 Å². The zero-order valence-corrected chi connectivity index (χ0v) is 11.4. The summed E-state index contributed by atoms with van der Waals surface area (Å²) in [6, 6.07) is 15.2. The Bertz CT molecular complexity index is 640. The smallest absolute Gasteiger partial charge is 0.337 e. The lowest BCUT2D eigenvalue weighted by atomic mass is 10.1. The molecule has 0 bridgehead atoms. The normalized spacial score (nSPS) is 11.7. The van der Waals surface area contributed by atoms with Crippen LogP contribution in [0.25, 0.3) is 0 Å². The Morgan fingerprint density at radius 3 is 2.29 bits per heavy atom. The topological polar surface area (TPSA) is 75.6 Å². The summed E-state index contributed by atoms with van der Waals surface area (Å²) in [6.07, 6.45) is -0.798. The Hall–Kier alpha value is -2.66. The average Bonchev–Trinajstić information content (AvgIpc) is 2.49. The van der Waals surface area contributed by atoms with Crippen molar-refractivity contribution in [3.8, 4) is 0 Å². The summed E-state index contributed by atoms with van der Waals surface area (Å²) in [5.41, 5.74) is 0.979. The molecule has 0 aliphatic rings. The molecule has 0 saturated carbocycles. The second kappa shape index (κ2) is 6.67. The van der Waals surface area contributed by atoms with Crippen molar-refractivity contribution in [1.82, 2.24) is 0 Å². The van der Waals surface area contributed by atoms with E-state index in [-0.39, 0.29) is 11.3 Å². The number of para-hydroxylation sites is 1. The molecule has 0 radical (unpaired) electrons. The second-order valence-corrected chi connectivity index (χ2v) is 4.37. The zero-order valence-electron chi connectivity index (χ0n) is 11.4. The van der Waals surface area contributed by atoms with Crippen molar-refractivity contribution >= 4 is 17.6 Å². The molecular weight excluding hydrogens is 270 g/mol. The summed E-state index contributed by atoms with van der Waals surface area (Å²) in [6.45, 7) is 0. The third-order valence-corrected chi connectivity index (χ3v) is 2.99. The molecule has 108 valence electrons. The maximum atomic E-state index is 12.3. The van der Waals surface area contributed by atoms with E-state index in [0.717, 1.165) is 0 Å². The highest BCUT2D eigenvalue weighted by atomic mass is 16.5. The van der Waals surface area contributed by atoms with E-state index in [1.54, 1.807) is 42.5 Å². The minimum atomic E-state index is -1.10. The van der Waals surface area contributed by atoms with Crippen LogP contribution >= 0.6 is 0 Å². The van der Waals surface area contributed by atoms with Crippen LogP contribution in [0, 0.1) is 0 Å². The number of carboxylic acids is 1. The molecule has 0 saturated heterocycles. The molecule has 1 amide bonds. The number of benzene rings is 2. The van der Waals surface area contributed by atoms with Crippen molar-refractivity contribution in [2.24, 2.45) is 0 Å². The monoisotopic (exact) mass is 285 g/mol. The van der Waals surface area contributed by atoms with Gasteiger partial charge in [0.25, 0.3) is 5.91 Å². The predicted molar refractivity (Wildman–Crippen MR) is 78.2 cm³/mol. The molecule has 0 spiro atoms. The van der Waals surface area contributed by atoms with Gasteiger partial charge >= 0.3 is 5.97 Å². The number of aromatic carboxylic acids is 1. The van der Waals surface area contributed by atoms with Crippen molar-refractivity contribution in [2.75, 3.05) is 12.4 Å². The van der Waals surface area contributed by atoms with E-state index in [9.17, 15) is 9.59 Å². The van der Waals surface area contributed by atoms with Gasteiger partial charge in [0, 0.05) is 7.11 Å². The summed E-state index contributed by atoms with van der Waals surface area (Å²) in [4.78, 5) is 23.4. The number of methoxy groups -OCH3 is 1. The molecule has 0 aliphatic carbocycles. The number of carbonyl (C=O) groups excluding carboxylic acids is 1. The van der Waals surface area contributed by atoms with Gasteiger partial charge in [-0.3, -0.25) is 4.79 Å². The molecule has 2 aromatic carbocycles. The van der Waals surface area contributed by atoms with Gasteiger partial charge in [-0.1, -0.05) is 42.5 Å². The Labute approximate surface area is 122 Å². The van der Waals surface area contributed by atoms with Gasteiger partial charge in [-0.15, -0.1) is 0 Å². The van der Waals surface area contributed by atoms with Crippen LogP contribution in [0.4, 0.5) is 5.69 Å². The van der Waals surface area contributed by atoms with E-state index in [0.29, 0.717) is 5.56 Å². The highest BCUT2D eigenvalue weighted by Gasteiger charge is 2.21. The van der Waals surface area contributed by atoms with Crippen molar-refractivity contribution in [1.29, 1.82) is 0 Å². The molecule has 2 aromatic rings. The lowest BCUT2D eigenvalue weighted by molar-refractivity contribution is -0.126. The molecule has 5 nitrogen and oxygen atoms in total. The van der Waals surface area contributed by atoms with Gasteiger partial charge in [-0.25, -0.2) is 4.79 Å². The molecule has 0 heterocycles. The van der Waals surface area contributed by atoms with Gasteiger partial charge in [-0.05, 0) is 17.7 Å². The second-order valence-electron chi connectivity index (χ2n) is 4.37. The standard InChI is InChI=1S/C16H15NO4/c1-21-14(11-7-3-2-4-8-11)15(18)17-13-10-6-5-9-12(13)16(19)20/h2-10,14H,1H3,(H,17,18)(H,19,20)/t14-/m1/s1. The Morgan fingerprint density at radius 2 is 1.67 bits per heavy atom. The minimum absolute atomic E-state index is 0.0359. The molecule has 0 unspecified atom stereocenters. The number of hydrogen-bond donors (Lipinski definition) is 2. The van der Waals surface area contributed by atoms with Crippen molar-refractivity contribution in [3.05, 3.63) is 65.7 Å². The van der Waals surface area contributed by atoms with Gasteiger partial charge in [0.2, 0.25) is 0 Å². The largest absolute Gasteiger partial charge is 0.478 e. The van der Waals surface area contributed by atoms with E-state index < -0.39 is 18.0 Å². The molecule has 0 fully saturated rings. The number of nitrogens with one attached hydrogen (secondary N) is 1. The van der Waals surface area contributed by atoms with Crippen LogP contribution in [-0.2, 0) is 9.53 Å². The highest BCUT2D eigenvalue weighted by Crippen LogP contribution is 2.21. The zero-order chi connectivity index (χ0) is 15.2. The number of amides is 1. The van der Waals surface area contributed by atoms with Crippen LogP contribution in [0.3, 0.4) is 0 Å². The first-order valence-electron chi connectivity index (χ1n) is 6.34. The quantitative estimate of drug-likeness (QED) is 0.885. The summed E-state index contributed by atoms with van der Waals surface area (Å²) in [7, 11) is 1.43. The molecule has 0 aliphatic heterocycles. The lowest BCUT2D eigenvalue weighted by Gasteiger charge is -2.16. The first-order chi connectivity index (χ1) is 10.1. The van der Waals surface area contributed by atoms with Crippen molar-refractivity contribution < 1.29 is 19.4 Å². The van der Waals surface area contributed by atoms with E-state index in [1.807, 2.05) is 6.07 Å². The minimum Gasteiger partial charge on any atom is -0.478 e. The number of ether oxygens (including phenoxy) is 1. The molecule has 1 atom stereocenters. The molecule has 5 heteroatoms. The fourth-order valence-corrected chi connectivity index (χ4v) is 2.00. The van der Waals surface area contributed by atoms with Crippen LogP contribution in [0.1, 0.15) is 22.0 Å². The van der Waals surface area contributed by atoms with Gasteiger partial charge in [-0.2, -0.15) is 0 Å². The summed E-state index contributed by atoms with van der Waals surface area (Å²) >= 11 is 0.